The van der Waals surface area contributed by atoms with Crippen LogP contribution in [0.4, 0.5) is 4.79 Å². The van der Waals surface area contributed by atoms with Crippen LogP contribution in [0.25, 0.3) is 0 Å². The Hall–Kier alpha value is -0.770. The maximum Gasteiger partial charge on any atom is 0.319 e. The molecule has 0 aromatic rings. The highest BCUT2D eigenvalue weighted by Crippen LogP contribution is 2.15. The van der Waals surface area contributed by atoms with Crippen LogP contribution in [0.1, 0.15) is 19.8 Å². The van der Waals surface area contributed by atoms with Gasteiger partial charge in [0.1, 0.15) is 0 Å². The van der Waals surface area contributed by atoms with Crippen molar-refractivity contribution in [2.75, 3.05) is 40.8 Å². The molecule has 0 spiro atoms. The van der Waals surface area contributed by atoms with Crippen molar-refractivity contribution in [2.24, 2.45) is 0 Å². The fourth-order valence-corrected chi connectivity index (χ4v) is 1.94. The molecule has 2 amide bonds. The SMILES string of the molecule is CCN(C)C(=O)N(C)C1CCN(C)CC1. The van der Waals surface area contributed by atoms with Gasteiger partial charge in [-0.3, -0.25) is 0 Å². The third-order valence-corrected chi connectivity index (χ3v) is 3.34. The predicted octanol–water partition coefficient (Wildman–Crippen LogP) is 1.08. The lowest BCUT2D eigenvalue weighted by Crippen LogP contribution is -2.48. The highest BCUT2D eigenvalue weighted by atomic mass is 16.2. The smallest absolute Gasteiger partial charge is 0.319 e. The first-order chi connectivity index (χ1) is 7.06. The zero-order valence-corrected chi connectivity index (χ0v) is 10.4. The van der Waals surface area contributed by atoms with Crippen molar-refractivity contribution in [2.45, 2.75) is 25.8 Å². The van der Waals surface area contributed by atoms with Gasteiger partial charge in [-0.15, -0.1) is 0 Å². The Morgan fingerprint density at radius 1 is 1.33 bits per heavy atom. The topological polar surface area (TPSA) is 26.8 Å². The van der Waals surface area contributed by atoms with Crippen LogP contribution in [-0.4, -0.2) is 67.5 Å². The van der Waals surface area contributed by atoms with E-state index in [-0.39, 0.29) is 6.03 Å². The van der Waals surface area contributed by atoms with E-state index in [1.165, 1.54) is 0 Å². The van der Waals surface area contributed by atoms with Crippen molar-refractivity contribution < 1.29 is 4.79 Å². The van der Waals surface area contributed by atoms with Gasteiger partial charge in [0.15, 0.2) is 0 Å². The Balaban J connectivity index is 2.46. The first kappa shape index (κ1) is 12.3. The molecule has 4 heteroatoms. The van der Waals surface area contributed by atoms with E-state index in [0.717, 1.165) is 32.5 Å². The lowest BCUT2D eigenvalue weighted by atomic mass is 10.0. The van der Waals surface area contributed by atoms with Crippen LogP contribution in [0.15, 0.2) is 0 Å². The second-order valence-corrected chi connectivity index (χ2v) is 4.44. The van der Waals surface area contributed by atoms with Crippen LogP contribution in [-0.2, 0) is 0 Å². The molecule has 0 N–H and O–H groups in total. The number of likely N-dealkylation sites (tertiary alicyclic amines) is 1. The predicted molar refractivity (Wildman–Crippen MR) is 62.0 cm³/mol. The van der Waals surface area contributed by atoms with Crippen LogP contribution in [0.2, 0.25) is 0 Å². The monoisotopic (exact) mass is 213 g/mol. The maximum absolute atomic E-state index is 11.9. The van der Waals surface area contributed by atoms with E-state index >= 15 is 0 Å². The summed E-state index contributed by atoms with van der Waals surface area (Å²) in [4.78, 5) is 17.9. The molecule has 0 aromatic heterocycles. The van der Waals surface area contributed by atoms with Gasteiger partial charge in [-0.2, -0.15) is 0 Å². The lowest BCUT2D eigenvalue weighted by molar-refractivity contribution is 0.127. The average Bonchev–Trinajstić information content (AvgIpc) is 2.27. The zero-order valence-electron chi connectivity index (χ0n) is 10.4. The molecule has 1 heterocycles. The van der Waals surface area contributed by atoms with Gasteiger partial charge >= 0.3 is 6.03 Å². The first-order valence-corrected chi connectivity index (χ1v) is 5.72. The Bertz CT molecular complexity index is 212. The molecule has 1 rings (SSSR count). The van der Waals surface area contributed by atoms with Crippen LogP contribution in [0.3, 0.4) is 0 Å². The van der Waals surface area contributed by atoms with E-state index in [1.807, 2.05) is 25.9 Å². The standard InChI is InChI=1S/C11H23N3O/c1-5-13(3)11(15)14(4)10-6-8-12(2)9-7-10/h10H,5-9H2,1-4H3. The maximum atomic E-state index is 11.9. The van der Waals surface area contributed by atoms with Crippen molar-refractivity contribution in [1.82, 2.24) is 14.7 Å². The molecule has 0 bridgehead atoms. The number of carbonyl (C=O) groups excluding carboxylic acids is 1. The minimum atomic E-state index is 0.145. The van der Waals surface area contributed by atoms with Crippen LogP contribution in [0.5, 0.6) is 0 Å². The molecule has 88 valence electrons. The summed E-state index contributed by atoms with van der Waals surface area (Å²) in [5, 5.41) is 0. The second kappa shape index (κ2) is 5.35. The van der Waals surface area contributed by atoms with Crippen LogP contribution >= 0.6 is 0 Å². The summed E-state index contributed by atoms with van der Waals surface area (Å²) >= 11 is 0. The normalized spacial score (nSPS) is 18.9. The summed E-state index contributed by atoms with van der Waals surface area (Å²) in [5.74, 6) is 0. The Labute approximate surface area is 92.8 Å². The zero-order chi connectivity index (χ0) is 11.4. The summed E-state index contributed by atoms with van der Waals surface area (Å²) in [6.07, 6.45) is 2.19. The number of carbonyl (C=O) groups is 1. The van der Waals surface area contributed by atoms with Gasteiger partial charge in [0.2, 0.25) is 0 Å². The van der Waals surface area contributed by atoms with Gasteiger partial charge in [0, 0.05) is 26.7 Å². The van der Waals surface area contributed by atoms with E-state index in [9.17, 15) is 4.79 Å². The summed E-state index contributed by atoms with van der Waals surface area (Å²) in [7, 11) is 5.91. The number of piperidine rings is 1. The molecular formula is C11H23N3O. The largest absolute Gasteiger partial charge is 0.328 e. The molecule has 0 aliphatic carbocycles. The highest BCUT2D eigenvalue weighted by Gasteiger charge is 2.25. The molecule has 0 saturated carbocycles. The van der Waals surface area contributed by atoms with Crippen molar-refractivity contribution in [3.8, 4) is 0 Å². The van der Waals surface area contributed by atoms with Crippen molar-refractivity contribution in [3.05, 3.63) is 0 Å². The van der Waals surface area contributed by atoms with Gasteiger partial charge in [-0.05, 0) is 39.9 Å². The Kier molecular flexibility index (Phi) is 4.39. The molecule has 4 nitrogen and oxygen atoms in total. The third kappa shape index (κ3) is 3.09. The molecule has 1 fully saturated rings. The van der Waals surface area contributed by atoms with Gasteiger partial charge < -0.3 is 14.7 Å². The highest BCUT2D eigenvalue weighted by molar-refractivity contribution is 5.74. The van der Waals surface area contributed by atoms with Gasteiger partial charge in [-0.25, -0.2) is 4.79 Å². The van der Waals surface area contributed by atoms with E-state index in [2.05, 4.69) is 11.9 Å². The molecule has 1 aliphatic rings. The average molecular weight is 213 g/mol. The number of amides is 2. The van der Waals surface area contributed by atoms with Crippen molar-refractivity contribution in [1.29, 1.82) is 0 Å². The van der Waals surface area contributed by atoms with Gasteiger partial charge in [-0.1, -0.05) is 0 Å². The van der Waals surface area contributed by atoms with E-state index < -0.39 is 0 Å². The van der Waals surface area contributed by atoms with Crippen molar-refractivity contribution in [3.63, 3.8) is 0 Å². The molecule has 0 atom stereocenters. The summed E-state index contributed by atoms with van der Waals surface area (Å²) < 4.78 is 0. The number of hydrogen-bond acceptors (Lipinski definition) is 2. The summed E-state index contributed by atoms with van der Waals surface area (Å²) in [6, 6.07) is 0.565. The minimum absolute atomic E-state index is 0.145. The molecule has 15 heavy (non-hydrogen) atoms. The van der Waals surface area contributed by atoms with Crippen LogP contribution in [0, 0.1) is 0 Å². The summed E-state index contributed by atoms with van der Waals surface area (Å²) in [6.45, 7) is 4.96. The molecule has 0 aromatic carbocycles. The van der Waals surface area contributed by atoms with Gasteiger partial charge in [0.25, 0.3) is 0 Å². The molecular weight excluding hydrogens is 190 g/mol. The number of hydrogen-bond donors (Lipinski definition) is 0. The lowest BCUT2D eigenvalue weighted by Gasteiger charge is -2.36. The third-order valence-electron chi connectivity index (χ3n) is 3.34. The number of nitrogens with zero attached hydrogens (tertiary/aromatic N) is 3. The second-order valence-electron chi connectivity index (χ2n) is 4.44. The molecule has 0 unspecified atom stereocenters. The van der Waals surface area contributed by atoms with Gasteiger partial charge in [0.05, 0.1) is 0 Å². The fourth-order valence-electron chi connectivity index (χ4n) is 1.94. The Morgan fingerprint density at radius 3 is 2.33 bits per heavy atom. The Morgan fingerprint density at radius 2 is 1.87 bits per heavy atom. The van der Waals surface area contributed by atoms with E-state index in [0.29, 0.717) is 6.04 Å². The minimum Gasteiger partial charge on any atom is -0.328 e. The van der Waals surface area contributed by atoms with Crippen LogP contribution < -0.4 is 0 Å². The van der Waals surface area contributed by atoms with E-state index in [4.69, 9.17) is 0 Å². The fraction of sp³-hybridized carbons (Fsp3) is 0.909. The molecule has 0 radical (unpaired) electrons. The molecule has 1 aliphatic heterocycles. The van der Waals surface area contributed by atoms with E-state index in [1.54, 1.807) is 4.90 Å². The number of rotatable bonds is 2. The first-order valence-electron chi connectivity index (χ1n) is 5.72. The van der Waals surface area contributed by atoms with Crippen molar-refractivity contribution >= 4 is 6.03 Å². The molecule has 1 saturated heterocycles. The summed E-state index contributed by atoms with van der Waals surface area (Å²) in [5.41, 5.74) is 0. The number of urea groups is 1. The quantitative estimate of drug-likeness (QED) is 0.686.